The molecule has 6 heteroatoms. The topological polar surface area (TPSA) is 55.5 Å². The van der Waals surface area contributed by atoms with E-state index in [9.17, 15) is 5.11 Å². The van der Waals surface area contributed by atoms with E-state index >= 15 is 0 Å². The van der Waals surface area contributed by atoms with Crippen molar-refractivity contribution >= 4 is 0 Å². The summed E-state index contributed by atoms with van der Waals surface area (Å²) in [6, 6.07) is 20.0. The maximum absolute atomic E-state index is 11.7. The molecule has 1 fully saturated rings. The van der Waals surface area contributed by atoms with Crippen LogP contribution in [0.3, 0.4) is 0 Å². The largest absolute Gasteiger partial charge is 1.00 e. The monoisotopic (exact) mass is 500 g/mol. The van der Waals surface area contributed by atoms with Crippen LogP contribution in [0.2, 0.25) is 0 Å². The molecule has 0 radical (unpaired) electrons. The molecule has 3 aromatic rings. The molecule has 1 N–H and O–H groups in total. The van der Waals surface area contributed by atoms with Crippen molar-refractivity contribution in [3.63, 3.8) is 0 Å². The van der Waals surface area contributed by atoms with E-state index in [0.29, 0.717) is 25.6 Å². The number of aliphatic hydroxyl groups is 1. The Morgan fingerprint density at radius 3 is 2.34 bits per heavy atom. The van der Waals surface area contributed by atoms with Crippen LogP contribution in [0, 0.1) is 5.92 Å². The summed E-state index contributed by atoms with van der Waals surface area (Å²) < 4.78 is 12.7. The highest BCUT2D eigenvalue weighted by Gasteiger charge is 2.47. The summed E-state index contributed by atoms with van der Waals surface area (Å²) in [6.45, 7) is 2.84. The normalized spacial score (nSPS) is 16.1. The number of rotatable bonds is 10. The SMILES string of the molecule is C[N+](C)(CCOCc1ccccc1)Cc1cnc(C(O)(c2ccccc2)C2CCC2)o1.[Br-]. The molecule has 2 aromatic carbocycles. The smallest absolute Gasteiger partial charge is 0.231 e. The van der Waals surface area contributed by atoms with Crippen molar-refractivity contribution in [1.29, 1.82) is 0 Å². The van der Waals surface area contributed by atoms with Crippen LogP contribution in [-0.2, 0) is 23.5 Å². The van der Waals surface area contributed by atoms with Gasteiger partial charge < -0.3 is 35.7 Å². The molecule has 1 aliphatic carbocycles. The van der Waals surface area contributed by atoms with Crippen LogP contribution in [0.5, 0.6) is 0 Å². The summed E-state index contributed by atoms with van der Waals surface area (Å²) in [6.07, 6.45) is 4.89. The molecule has 5 nitrogen and oxygen atoms in total. The van der Waals surface area contributed by atoms with Crippen LogP contribution in [0.4, 0.5) is 0 Å². The van der Waals surface area contributed by atoms with Crippen LogP contribution in [0.25, 0.3) is 0 Å². The van der Waals surface area contributed by atoms with E-state index in [2.05, 4.69) is 31.2 Å². The zero-order valence-electron chi connectivity index (χ0n) is 18.9. The summed E-state index contributed by atoms with van der Waals surface area (Å²) in [4.78, 5) is 4.53. The lowest BCUT2D eigenvalue weighted by molar-refractivity contribution is -0.905. The van der Waals surface area contributed by atoms with Gasteiger partial charge in [-0.05, 0) is 24.0 Å². The van der Waals surface area contributed by atoms with Gasteiger partial charge in [0.1, 0.15) is 13.1 Å². The quantitative estimate of drug-likeness (QED) is 0.338. The van der Waals surface area contributed by atoms with Crippen molar-refractivity contribution < 1.29 is 35.7 Å². The van der Waals surface area contributed by atoms with Crippen molar-refractivity contribution in [1.82, 2.24) is 4.98 Å². The zero-order valence-corrected chi connectivity index (χ0v) is 20.5. The second-order valence-corrected chi connectivity index (χ2v) is 9.25. The average molecular weight is 501 g/mol. The van der Waals surface area contributed by atoms with Crippen molar-refractivity contribution in [3.05, 3.63) is 89.6 Å². The van der Waals surface area contributed by atoms with Gasteiger partial charge in [-0.1, -0.05) is 67.1 Å². The Morgan fingerprint density at radius 1 is 1.06 bits per heavy atom. The first-order valence-corrected chi connectivity index (χ1v) is 11.1. The molecule has 1 saturated carbocycles. The highest BCUT2D eigenvalue weighted by Crippen LogP contribution is 2.46. The molecule has 1 atom stereocenters. The van der Waals surface area contributed by atoms with Crippen molar-refractivity contribution in [2.24, 2.45) is 5.92 Å². The van der Waals surface area contributed by atoms with Gasteiger partial charge in [0.05, 0.1) is 33.5 Å². The van der Waals surface area contributed by atoms with Gasteiger partial charge in [-0.25, -0.2) is 4.98 Å². The minimum absolute atomic E-state index is 0. The molecule has 1 aliphatic rings. The molecule has 0 aliphatic heterocycles. The molecule has 0 saturated heterocycles. The Balaban J connectivity index is 0.00000289. The van der Waals surface area contributed by atoms with Gasteiger partial charge in [0, 0.05) is 5.92 Å². The third-order valence-corrected chi connectivity index (χ3v) is 6.33. The van der Waals surface area contributed by atoms with Gasteiger partial charge in [-0.3, -0.25) is 0 Å². The second-order valence-electron chi connectivity index (χ2n) is 9.25. The molecular formula is C26H33BrN2O3. The average Bonchev–Trinajstić information content (AvgIpc) is 3.19. The molecule has 0 spiro atoms. The number of benzene rings is 2. The van der Waals surface area contributed by atoms with Crippen molar-refractivity contribution in [2.45, 2.75) is 38.0 Å². The van der Waals surface area contributed by atoms with Crippen LogP contribution >= 0.6 is 0 Å². The van der Waals surface area contributed by atoms with Crippen molar-refractivity contribution in [3.8, 4) is 0 Å². The third-order valence-electron chi connectivity index (χ3n) is 6.33. The molecule has 172 valence electrons. The summed E-state index contributed by atoms with van der Waals surface area (Å²) in [5.74, 6) is 1.35. The minimum Gasteiger partial charge on any atom is -1.00 e. The third kappa shape index (κ3) is 5.67. The zero-order chi connectivity index (χ0) is 21.7. The Labute approximate surface area is 201 Å². The number of nitrogens with zero attached hydrogens (tertiary/aromatic N) is 2. The standard InChI is InChI=1S/C26H33N2O3.BrH/c1-28(2,16-17-30-20-21-10-5-3-6-11-21)19-24-18-27-25(31-24)26(29,23-14-9-15-23)22-12-7-4-8-13-22;/h3-8,10-13,18,23,29H,9,14-17,19-20H2,1-2H3;1H/q+1;/p-1. The van der Waals surface area contributed by atoms with Gasteiger partial charge in [0.2, 0.25) is 5.89 Å². The van der Waals surface area contributed by atoms with Crippen LogP contribution in [0.15, 0.2) is 71.3 Å². The number of oxazole rings is 1. The highest BCUT2D eigenvalue weighted by molar-refractivity contribution is 5.30. The lowest BCUT2D eigenvalue weighted by Crippen LogP contribution is -3.00. The number of quaternary nitrogens is 1. The second kappa shape index (κ2) is 10.8. The van der Waals surface area contributed by atoms with E-state index in [1.165, 1.54) is 5.56 Å². The molecule has 32 heavy (non-hydrogen) atoms. The lowest BCUT2D eigenvalue weighted by Gasteiger charge is -2.39. The van der Waals surface area contributed by atoms with Gasteiger partial charge in [0.15, 0.2) is 11.4 Å². The molecule has 1 heterocycles. The number of hydrogen-bond donors (Lipinski definition) is 1. The van der Waals surface area contributed by atoms with Crippen LogP contribution < -0.4 is 17.0 Å². The number of aromatic nitrogens is 1. The van der Waals surface area contributed by atoms with E-state index in [0.717, 1.165) is 41.6 Å². The van der Waals surface area contributed by atoms with E-state index in [4.69, 9.17) is 9.15 Å². The maximum atomic E-state index is 11.7. The molecule has 1 unspecified atom stereocenters. The Kier molecular flexibility index (Phi) is 8.28. The van der Waals surface area contributed by atoms with Gasteiger partial charge >= 0.3 is 0 Å². The summed E-state index contributed by atoms with van der Waals surface area (Å²) >= 11 is 0. The summed E-state index contributed by atoms with van der Waals surface area (Å²) in [5.41, 5.74) is 0.883. The molecule has 0 bridgehead atoms. The first-order chi connectivity index (χ1) is 15.0. The maximum Gasteiger partial charge on any atom is 0.231 e. The fraction of sp³-hybridized carbons (Fsp3) is 0.423. The summed E-state index contributed by atoms with van der Waals surface area (Å²) in [7, 11) is 4.31. The van der Waals surface area contributed by atoms with E-state index in [1.54, 1.807) is 6.20 Å². The van der Waals surface area contributed by atoms with Gasteiger partial charge in [-0.2, -0.15) is 0 Å². The molecule has 0 amide bonds. The molecule has 1 aromatic heterocycles. The predicted molar refractivity (Wildman–Crippen MR) is 120 cm³/mol. The molecular weight excluding hydrogens is 468 g/mol. The number of likely N-dealkylation sites (N-methyl/N-ethyl adjacent to an activating group) is 1. The first-order valence-electron chi connectivity index (χ1n) is 11.1. The highest BCUT2D eigenvalue weighted by atomic mass is 79.9. The van der Waals surface area contributed by atoms with E-state index in [-0.39, 0.29) is 22.9 Å². The van der Waals surface area contributed by atoms with Gasteiger partial charge in [0.25, 0.3) is 0 Å². The van der Waals surface area contributed by atoms with E-state index in [1.807, 2.05) is 48.5 Å². The van der Waals surface area contributed by atoms with Gasteiger partial charge in [-0.15, -0.1) is 0 Å². The van der Waals surface area contributed by atoms with E-state index < -0.39 is 5.60 Å². The molecule has 4 rings (SSSR count). The Bertz CT molecular complexity index is 957. The number of halogens is 1. The Morgan fingerprint density at radius 2 is 1.72 bits per heavy atom. The first kappa shape index (κ1) is 24.6. The number of ether oxygens (including phenoxy) is 1. The minimum atomic E-state index is -1.16. The fourth-order valence-corrected chi connectivity index (χ4v) is 4.19. The number of hydrogen-bond acceptors (Lipinski definition) is 4. The Hall–Kier alpha value is -1.99. The van der Waals surface area contributed by atoms with Crippen LogP contribution in [-0.4, -0.2) is 41.8 Å². The fourth-order valence-electron chi connectivity index (χ4n) is 4.19. The van der Waals surface area contributed by atoms with Crippen molar-refractivity contribution in [2.75, 3.05) is 27.2 Å². The van der Waals surface area contributed by atoms with Crippen LogP contribution in [0.1, 0.15) is 42.0 Å². The predicted octanol–water partition coefficient (Wildman–Crippen LogP) is 1.51. The lowest BCUT2D eigenvalue weighted by atomic mass is 9.69. The summed E-state index contributed by atoms with van der Waals surface area (Å²) in [5, 5.41) is 11.7.